The third-order valence-corrected chi connectivity index (χ3v) is 5.89. The highest BCUT2D eigenvalue weighted by Crippen LogP contribution is 2.34. The average molecular weight is 454 g/mol. The van der Waals surface area contributed by atoms with Crippen molar-refractivity contribution in [3.8, 4) is 0 Å². The summed E-state index contributed by atoms with van der Waals surface area (Å²) in [5, 5.41) is 7.07. The Morgan fingerprint density at radius 2 is 1.78 bits per heavy atom. The van der Waals surface area contributed by atoms with Gasteiger partial charge in [0.1, 0.15) is 0 Å². The average Bonchev–Trinajstić information content (AvgIpc) is 2.56. The molecule has 0 unspecified atom stereocenters. The number of hydrogen-bond acceptors (Lipinski definition) is 3. The van der Waals surface area contributed by atoms with Crippen LogP contribution in [0.4, 0.5) is 0 Å². The first-order chi connectivity index (χ1) is 10.7. The minimum Gasteiger partial charge on any atom is -0.356 e. The van der Waals surface area contributed by atoms with Crippen molar-refractivity contribution < 1.29 is 0 Å². The van der Waals surface area contributed by atoms with Gasteiger partial charge in [-0.1, -0.05) is 33.1 Å². The van der Waals surface area contributed by atoms with Crippen LogP contribution in [0.5, 0.6) is 0 Å². The molecule has 4 nitrogen and oxygen atoms in total. The summed E-state index contributed by atoms with van der Waals surface area (Å²) in [5.41, 5.74) is 0.356. The van der Waals surface area contributed by atoms with Crippen molar-refractivity contribution in [2.24, 2.45) is 10.9 Å². The number of halogens is 1. The van der Waals surface area contributed by atoms with Gasteiger partial charge in [0.2, 0.25) is 0 Å². The number of hydrogen-bond donors (Lipinski definition) is 2. The molecule has 1 saturated carbocycles. The molecule has 1 aliphatic carbocycles. The zero-order valence-electron chi connectivity index (χ0n) is 15.1. The third-order valence-electron chi connectivity index (χ3n) is 4.95. The number of nitrogens with one attached hydrogen (secondary N) is 2. The number of guanidine groups is 1. The number of rotatable bonds is 5. The van der Waals surface area contributed by atoms with E-state index in [-0.39, 0.29) is 24.0 Å². The smallest absolute Gasteiger partial charge is 0.191 e. The lowest BCUT2D eigenvalue weighted by Gasteiger charge is -2.48. The zero-order valence-corrected chi connectivity index (χ0v) is 18.2. The van der Waals surface area contributed by atoms with Crippen molar-refractivity contribution in [1.29, 1.82) is 0 Å². The van der Waals surface area contributed by atoms with Crippen molar-refractivity contribution in [2.45, 2.75) is 51.5 Å². The SMILES string of the molecule is CN=C(NCC(C)C)NCC1(N2CCSCC2)CCCCC1.I. The topological polar surface area (TPSA) is 39.7 Å². The first-order valence-electron chi connectivity index (χ1n) is 8.93. The lowest BCUT2D eigenvalue weighted by atomic mass is 9.80. The summed E-state index contributed by atoms with van der Waals surface area (Å²) in [6.45, 7) is 8.99. The quantitative estimate of drug-likeness (QED) is 0.380. The Labute approximate surface area is 164 Å². The van der Waals surface area contributed by atoms with Crippen LogP contribution < -0.4 is 10.6 Å². The number of nitrogens with zero attached hydrogens (tertiary/aromatic N) is 2. The fraction of sp³-hybridized carbons (Fsp3) is 0.941. The van der Waals surface area contributed by atoms with Crippen molar-refractivity contribution in [3.63, 3.8) is 0 Å². The second-order valence-electron chi connectivity index (χ2n) is 7.08. The molecule has 0 amide bonds. The summed E-state index contributed by atoms with van der Waals surface area (Å²) >= 11 is 2.10. The highest BCUT2D eigenvalue weighted by atomic mass is 127. The standard InChI is InChI=1S/C17H34N4S.HI/c1-15(2)13-19-16(18-3)20-14-17(7-5-4-6-8-17)21-9-11-22-12-10-21;/h15H,4-14H2,1-3H3,(H2,18,19,20);1H. The van der Waals surface area contributed by atoms with Gasteiger partial charge in [-0.05, 0) is 18.8 Å². The molecule has 0 atom stereocenters. The minimum absolute atomic E-state index is 0. The van der Waals surface area contributed by atoms with Crippen LogP contribution in [0.2, 0.25) is 0 Å². The van der Waals surface area contributed by atoms with Gasteiger partial charge in [-0.3, -0.25) is 9.89 Å². The first-order valence-corrected chi connectivity index (χ1v) is 10.1. The van der Waals surface area contributed by atoms with E-state index < -0.39 is 0 Å². The molecule has 0 aromatic carbocycles. The Morgan fingerprint density at radius 1 is 1.13 bits per heavy atom. The van der Waals surface area contributed by atoms with Crippen LogP contribution in [-0.2, 0) is 0 Å². The van der Waals surface area contributed by atoms with Gasteiger partial charge < -0.3 is 10.6 Å². The number of thioether (sulfide) groups is 1. The van der Waals surface area contributed by atoms with Gasteiger partial charge in [-0.2, -0.15) is 11.8 Å². The maximum atomic E-state index is 4.39. The molecule has 1 aliphatic heterocycles. The Bertz CT molecular complexity index is 351. The summed E-state index contributed by atoms with van der Waals surface area (Å²) in [6, 6.07) is 0. The molecule has 0 aromatic heterocycles. The molecule has 2 rings (SSSR count). The van der Waals surface area contributed by atoms with Gasteiger partial charge in [-0.25, -0.2) is 0 Å². The summed E-state index contributed by atoms with van der Waals surface area (Å²) in [7, 11) is 1.88. The van der Waals surface area contributed by atoms with Gasteiger partial charge in [0, 0.05) is 50.3 Å². The largest absolute Gasteiger partial charge is 0.356 e. The molecule has 0 spiro atoms. The molecular formula is C17H35IN4S. The van der Waals surface area contributed by atoms with E-state index in [4.69, 9.17) is 0 Å². The molecule has 2 fully saturated rings. The molecule has 1 heterocycles. The summed E-state index contributed by atoms with van der Waals surface area (Å²) in [6.07, 6.45) is 6.84. The van der Waals surface area contributed by atoms with Crippen LogP contribution in [0.3, 0.4) is 0 Å². The van der Waals surface area contributed by atoms with Crippen LogP contribution >= 0.6 is 35.7 Å². The molecule has 2 N–H and O–H groups in total. The Kier molecular flexibility index (Phi) is 10.2. The predicted molar refractivity (Wildman–Crippen MR) is 114 cm³/mol. The van der Waals surface area contributed by atoms with Gasteiger partial charge in [0.25, 0.3) is 0 Å². The fourth-order valence-corrected chi connectivity index (χ4v) is 4.53. The Morgan fingerprint density at radius 3 is 2.35 bits per heavy atom. The van der Waals surface area contributed by atoms with E-state index in [1.165, 1.54) is 56.7 Å². The van der Waals surface area contributed by atoms with E-state index in [2.05, 4.69) is 46.1 Å². The minimum atomic E-state index is 0. The fourth-order valence-electron chi connectivity index (χ4n) is 3.62. The molecule has 2 aliphatic rings. The van der Waals surface area contributed by atoms with Crippen molar-refractivity contribution in [1.82, 2.24) is 15.5 Å². The molecule has 6 heteroatoms. The van der Waals surface area contributed by atoms with Crippen LogP contribution in [0.1, 0.15) is 46.0 Å². The molecule has 1 saturated heterocycles. The second kappa shape index (κ2) is 11.0. The zero-order chi connectivity index (χ0) is 15.8. The van der Waals surface area contributed by atoms with Crippen molar-refractivity contribution in [3.05, 3.63) is 0 Å². The van der Waals surface area contributed by atoms with Crippen LogP contribution in [0, 0.1) is 5.92 Å². The van der Waals surface area contributed by atoms with Gasteiger partial charge >= 0.3 is 0 Å². The van der Waals surface area contributed by atoms with Gasteiger partial charge in [0.15, 0.2) is 5.96 Å². The third kappa shape index (κ3) is 6.61. The molecule has 23 heavy (non-hydrogen) atoms. The van der Waals surface area contributed by atoms with Crippen LogP contribution in [0.25, 0.3) is 0 Å². The molecular weight excluding hydrogens is 419 g/mol. The van der Waals surface area contributed by atoms with E-state index in [1.54, 1.807) is 0 Å². The highest BCUT2D eigenvalue weighted by molar-refractivity contribution is 14.0. The highest BCUT2D eigenvalue weighted by Gasteiger charge is 2.38. The normalized spacial score (nSPS) is 22.5. The van der Waals surface area contributed by atoms with Gasteiger partial charge in [0.05, 0.1) is 0 Å². The van der Waals surface area contributed by atoms with E-state index in [0.29, 0.717) is 11.5 Å². The maximum absolute atomic E-state index is 4.39. The van der Waals surface area contributed by atoms with E-state index in [0.717, 1.165) is 19.0 Å². The Hall–Kier alpha value is 0.310. The first kappa shape index (κ1) is 21.4. The monoisotopic (exact) mass is 454 g/mol. The lowest BCUT2D eigenvalue weighted by molar-refractivity contribution is 0.0626. The lowest BCUT2D eigenvalue weighted by Crippen LogP contribution is -2.59. The molecule has 0 radical (unpaired) electrons. The maximum Gasteiger partial charge on any atom is 0.191 e. The van der Waals surface area contributed by atoms with Crippen LogP contribution in [0.15, 0.2) is 4.99 Å². The Balaban J connectivity index is 0.00000264. The van der Waals surface area contributed by atoms with Gasteiger partial charge in [-0.15, -0.1) is 24.0 Å². The molecule has 0 aromatic rings. The predicted octanol–water partition coefficient (Wildman–Crippen LogP) is 3.18. The van der Waals surface area contributed by atoms with Crippen LogP contribution in [-0.4, -0.2) is 61.1 Å². The summed E-state index contributed by atoms with van der Waals surface area (Å²) in [5.74, 6) is 4.19. The van der Waals surface area contributed by atoms with E-state index in [1.807, 2.05) is 7.05 Å². The molecule has 0 bridgehead atoms. The van der Waals surface area contributed by atoms with E-state index in [9.17, 15) is 0 Å². The summed E-state index contributed by atoms with van der Waals surface area (Å²) < 4.78 is 0. The summed E-state index contributed by atoms with van der Waals surface area (Å²) in [4.78, 5) is 7.16. The molecule has 136 valence electrons. The second-order valence-corrected chi connectivity index (χ2v) is 8.31. The number of aliphatic imine (C=N–C) groups is 1. The van der Waals surface area contributed by atoms with Crippen molar-refractivity contribution >= 4 is 41.7 Å². The van der Waals surface area contributed by atoms with E-state index >= 15 is 0 Å². The van der Waals surface area contributed by atoms with Crippen molar-refractivity contribution in [2.75, 3.05) is 44.7 Å².